The van der Waals surface area contributed by atoms with Gasteiger partial charge in [-0.3, -0.25) is 4.79 Å². The lowest BCUT2D eigenvalue weighted by atomic mass is 10.1. The Kier molecular flexibility index (Phi) is 4.94. The smallest absolute Gasteiger partial charge is 0.251 e. The van der Waals surface area contributed by atoms with Crippen LogP contribution in [0.1, 0.15) is 36.3 Å². The van der Waals surface area contributed by atoms with Crippen LogP contribution in [-0.2, 0) is 0 Å². The number of carbonyl (C=O) groups is 1. The largest absolute Gasteiger partial charge is 0.373 e. The normalized spacial score (nSPS) is 10.4. The first kappa shape index (κ1) is 13.5. The van der Waals surface area contributed by atoms with Crippen LogP contribution in [0.5, 0.6) is 0 Å². The highest BCUT2D eigenvalue weighted by molar-refractivity contribution is 5.94. The van der Waals surface area contributed by atoms with Gasteiger partial charge in [0.05, 0.1) is 0 Å². The van der Waals surface area contributed by atoms with E-state index < -0.39 is 0 Å². The number of nitrogens with one attached hydrogen (secondary N) is 2. The molecular weight excluding hydrogens is 214 g/mol. The van der Waals surface area contributed by atoms with Gasteiger partial charge in [0.25, 0.3) is 5.91 Å². The molecule has 4 nitrogen and oxygen atoms in total. The van der Waals surface area contributed by atoms with Crippen LogP contribution in [0.2, 0.25) is 0 Å². The van der Waals surface area contributed by atoms with E-state index in [2.05, 4.69) is 29.5 Å². The second-order valence-electron chi connectivity index (χ2n) is 4.57. The maximum atomic E-state index is 11.9. The van der Waals surface area contributed by atoms with Gasteiger partial charge in [-0.15, -0.1) is 0 Å². The standard InChI is InChI=1S/C13H21N3O/c1-9(2)5-6-15-13(17)11-7-10(3)16-12(8-11)14-4/h7-9H,5-6H2,1-4H3,(H,14,16)(H,15,17). The lowest BCUT2D eigenvalue weighted by Crippen LogP contribution is -2.25. The minimum absolute atomic E-state index is 0.0346. The van der Waals surface area contributed by atoms with Crippen LogP contribution in [0.15, 0.2) is 12.1 Å². The molecule has 1 rings (SSSR count). The molecule has 0 aliphatic rings. The summed E-state index contributed by atoms with van der Waals surface area (Å²) < 4.78 is 0. The molecule has 0 aromatic carbocycles. The van der Waals surface area contributed by atoms with Crippen LogP contribution < -0.4 is 10.6 Å². The fourth-order valence-electron chi connectivity index (χ4n) is 1.50. The van der Waals surface area contributed by atoms with E-state index in [1.54, 1.807) is 19.2 Å². The molecule has 94 valence electrons. The Hall–Kier alpha value is -1.58. The summed E-state index contributed by atoms with van der Waals surface area (Å²) in [5.41, 5.74) is 1.50. The van der Waals surface area contributed by atoms with Gasteiger partial charge in [0, 0.05) is 24.8 Å². The number of nitrogens with zero attached hydrogens (tertiary/aromatic N) is 1. The molecule has 4 heteroatoms. The van der Waals surface area contributed by atoms with Gasteiger partial charge in [-0.05, 0) is 31.4 Å². The Morgan fingerprint density at radius 1 is 1.41 bits per heavy atom. The molecule has 0 unspecified atom stereocenters. The number of rotatable bonds is 5. The van der Waals surface area contributed by atoms with Crippen LogP contribution in [0, 0.1) is 12.8 Å². The monoisotopic (exact) mass is 235 g/mol. The summed E-state index contributed by atoms with van der Waals surface area (Å²) in [5, 5.41) is 5.86. The van der Waals surface area contributed by atoms with Gasteiger partial charge < -0.3 is 10.6 Å². The summed E-state index contributed by atoms with van der Waals surface area (Å²) in [6.07, 6.45) is 0.995. The first-order valence-corrected chi connectivity index (χ1v) is 5.97. The Balaban J connectivity index is 2.65. The first-order valence-electron chi connectivity index (χ1n) is 5.97. The number of carbonyl (C=O) groups excluding carboxylic acids is 1. The Labute approximate surface area is 103 Å². The second kappa shape index (κ2) is 6.23. The van der Waals surface area contributed by atoms with Crippen molar-refractivity contribution >= 4 is 11.7 Å². The van der Waals surface area contributed by atoms with E-state index in [1.165, 1.54) is 0 Å². The molecule has 0 atom stereocenters. The van der Waals surface area contributed by atoms with Crippen molar-refractivity contribution in [2.24, 2.45) is 5.92 Å². The Morgan fingerprint density at radius 2 is 2.12 bits per heavy atom. The number of hydrogen-bond acceptors (Lipinski definition) is 3. The van der Waals surface area contributed by atoms with E-state index in [-0.39, 0.29) is 5.91 Å². The second-order valence-corrected chi connectivity index (χ2v) is 4.57. The van der Waals surface area contributed by atoms with Crippen molar-refractivity contribution in [2.45, 2.75) is 27.2 Å². The maximum absolute atomic E-state index is 11.9. The summed E-state index contributed by atoms with van der Waals surface area (Å²) >= 11 is 0. The fourth-order valence-corrected chi connectivity index (χ4v) is 1.50. The minimum atomic E-state index is -0.0346. The summed E-state index contributed by atoms with van der Waals surface area (Å²) in [6.45, 7) is 6.88. The van der Waals surface area contributed by atoms with Crippen LogP contribution >= 0.6 is 0 Å². The third kappa shape index (κ3) is 4.43. The zero-order chi connectivity index (χ0) is 12.8. The van der Waals surface area contributed by atoms with Crippen molar-refractivity contribution in [1.29, 1.82) is 0 Å². The van der Waals surface area contributed by atoms with Gasteiger partial charge >= 0.3 is 0 Å². The highest BCUT2D eigenvalue weighted by atomic mass is 16.1. The summed E-state index contributed by atoms with van der Waals surface area (Å²) in [6, 6.07) is 3.56. The van der Waals surface area contributed by atoms with E-state index in [4.69, 9.17) is 0 Å². The van der Waals surface area contributed by atoms with Crippen LogP contribution in [0.25, 0.3) is 0 Å². The highest BCUT2D eigenvalue weighted by Crippen LogP contribution is 2.09. The fraction of sp³-hybridized carbons (Fsp3) is 0.538. The topological polar surface area (TPSA) is 54.0 Å². The van der Waals surface area contributed by atoms with Crippen molar-refractivity contribution in [3.63, 3.8) is 0 Å². The minimum Gasteiger partial charge on any atom is -0.373 e. The lowest BCUT2D eigenvalue weighted by molar-refractivity contribution is 0.0952. The summed E-state index contributed by atoms with van der Waals surface area (Å²) in [7, 11) is 1.79. The van der Waals surface area contributed by atoms with E-state index in [0.29, 0.717) is 18.0 Å². The van der Waals surface area contributed by atoms with Gasteiger partial charge in [0.2, 0.25) is 0 Å². The third-order valence-electron chi connectivity index (χ3n) is 2.48. The average molecular weight is 235 g/mol. The molecule has 0 spiro atoms. The molecule has 1 amide bonds. The van der Waals surface area contributed by atoms with E-state index in [0.717, 1.165) is 17.9 Å². The van der Waals surface area contributed by atoms with Crippen LogP contribution in [0.4, 0.5) is 5.82 Å². The molecular formula is C13H21N3O. The number of aryl methyl sites for hydroxylation is 1. The number of amides is 1. The molecule has 0 bridgehead atoms. The zero-order valence-corrected chi connectivity index (χ0v) is 11.0. The molecule has 0 saturated heterocycles. The Bertz CT molecular complexity index is 388. The van der Waals surface area contributed by atoms with E-state index in [9.17, 15) is 4.79 Å². The van der Waals surface area contributed by atoms with Crippen molar-refractivity contribution < 1.29 is 4.79 Å². The van der Waals surface area contributed by atoms with Crippen molar-refractivity contribution in [3.8, 4) is 0 Å². The average Bonchev–Trinajstić information content (AvgIpc) is 2.27. The molecule has 1 aromatic heterocycles. The lowest BCUT2D eigenvalue weighted by Gasteiger charge is -2.09. The van der Waals surface area contributed by atoms with Gasteiger partial charge in [-0.25, -0.2) is 4.98 Å². The molecule has 0 saturated carbocycles. The van der Waals surface area contributed by atoms with E-state index >= 15 is 0 Å². The number of hydrogen-bond donors (Lipinski definition) is 2. The van der Waals surface area contributed by atoms with Crippen molar-refractivity contribution in [3.05, 3.63) is 23.4 Å². The van der Waals surface area contributed by atoms with Gasteiger partial charge in [-0.1, -0.05) is 13.8 Å². The molecule has 1 heterocycles. The molecule has 0 radical (unpaired) electrons. The zero-order valence-electron chi connectivity index (χ0n) is 11.0. The highest BCUT2D eigenvalue weighted by Gasteiger charge is 2.07. The predicted molar refractivity (Wildman–Crippen MR) is 70.3 cm³/mol. The van der Waals surface area contributed by atoms with Crippen molar-refractivity contribution in [1.82, 2.24) is 10.3 Å². The molecule has 0 aliphatic carbocycles. The van der Waals surface area contributed by atoms with Crippen molar-refractivity contribution in [2.75, 3.05) is 18.9 Å². The summed E-state index contributed by atoms with van der Waals surface area (Å²) in [4.78, 5) is 16.1. The first-order chi connectivity index (χ1) is 8.02. The van der Waals surface area contributed by atoms with E-state index in [1.807, 2.05) is 6.92 Å². The van der Waals surface area contributed by atoms with Gasteiger partial charge in [-0.2, -0.15) is 0 Å². The molecule has 17 heavy (non-hydrogen) atoms. The molecule has 0 aliphatic heterocycles. The quantitative estimate of drug-likeness (QED) is 0.822. The van der Waals surface area contributed by atoms with Gasteiger partial charge in [0.1, 0.15) is 5.82 Å². The maximum Gasteiger partial charge on any atom is 0.251 e. The number of aromatic nitrogens is 1. The third-order valence-corrected chi connectivity index (χ3v) is 2.48. The number of pyridine rings is 1. The SMILES string of the molecule is CNc1cc(C(=O)NCCC(C)C)cc(C)n1. The number of anilines is 1. The van der Waals surface area contributed by atoms with Crippen LogP contribution in [-0.4, -0.2) is 24.5 Å². The molecule has 2 N–H and O–H groups in total. The van der Waals surface area contributed by atoms with Gasteiger partial charge in [0.15, 0.2) is 0 Å². The Morgan fingerprint density at radius 3 is 2.71 bits per heavy atom. The molecule has 1 aromatic rings. The molecule has 0 fully saturated rings. The van der Waals surface area contributed by atoms with Crippen LogP contribution in [0.3, 0.4) is 0 Å². The predicted octanol–water partition coefficient (Wildman–Crippen LogP) is 2.21. The summed E-state index contributed by atoms with van der Waals surface area (Å²) in [5.74, 6) is 1.29.